The van der Waals surface area contributed by atoms with Crippen molar-refractivity contribution < 1.29 is 18.7 Å². The molecule has 0 aliphatic carbocycles. The number of piperidine rings is 1. The number of ketones is 1. The molecule has 2 bridgehead atoms. The van der Waals surface area contributed by atoms with Crippen molar-refractivity contribution in [2.24, 2.45) is 0 Å². The molecular formula is C12H18FNO3. The van der Waals surface area contributed by atoms with Crippen LogP contribution in [0.15, 0.2) is 0 Å². The maximum absolute atomic E-state index is 13.7. The van der Waals surface area contributed by atoms with E-state index in [1.165, 1.54) is 4.90 Å². The summed E-state index contributed by atoms with van der Waals surface area (Å²) in [5.74, 6) is -0.377. The minimum Gasteiger partial charge on any atom is -0.444 e. The van der Waals surface area contributed by atoms with Crippen molar-refractivity contribution >= 4 is 11.9 Å². The van der Waals surface area contributed by atoms with Gasteiger partial charge >= 0.3 is 6.09 Å². The van der Waals surface area contributed by atoms with E-state index in [9.17, 15) is 14.0 Å². The van der Waals surface area contributed by atoms with Crippen molar-refractivity contribution in [3.8, 4) is 0 Å². The number of hydrogen-bond donors (Lipinski definition) is 0. The highest BCUT2D eigenvalue weighted by Gasteiger charge is 2.50. The van der Waals surface area contributed by atoms with Gasteiger partial charge in [0.15, 0.2) is 12.0 Å². The normalized spacial score (nSPS) is 32.8. The Labute approximate surface area is 100 Å². The molecule has 3 atom stereocenters. The number of Topliss-reactive ketones (excluding diaryl/α,β-unsaturated/α-hetero) is 1. The van der Waals surface area contributed by atoms with Gasteiger partial charge in [0.25, 0.3) is 0 Å². The van der Waals surface area contributed by atoms with E-state index in [1.807, 2.05) is 0 Å². The summed E-state index contributed by atoms with van der Waals surface area (Å²) in [5.41, 5.74) is -0.593. The van der Waals surface area contributed by atoms with Crippen LogP contribution in [0.5, 0.6) is 0 Å². The van der Waals surface area contributed by atoms with Crippen LogP contribution in [-0.2, 0) is 9.53 Å². The van der Waals surface area contributed by atoms with Crippen LogP contribution in [0, 0.1) is 0 Å². The van der Waals surface area contributed by atoms with E-state index >= 15 is 0 Å². The number of rotatable bonds is 0. The number of alkyl halides is 1. The zero-order valence-electron chi connectivity index (χ0n) is 10.4. The fourth-order valence-corrected chi connectivity index (χ4v) is 2.56. The highest BCUT2D eigenvalue weighted by molar-refractivity contribution is 5.87. The SMILES string of the molecule is CC(C)(C)OC(=O)N1[C@H]2CC[C@@H]1C(F)C(=O)C2. The Morgan fingerprint density at radius 2 is 2.06 bits per heavy atom. The molecule has 17 heavy (non-hydrogen) atoms. The van der Waals surface area contributed by atoms with Gasteiger partial charge in [-0.25, -0.2) is 9.18 Å². The quantitative estimate of drug-likeness (QED) is 0.654. The summed E-state index contributed by atoms with van der Waals surface area (Å²) in [4.78, 5) is 24.7. The Bertz CT molecular complexity index is 350. The molecule has 2 aliphatic rings. The zero-order chi connectivity index (χ0) is 12.8. The molecule has 0 aromatic rings. The van der Waals surface area contributed by atoms with Crippen LogP contribution in [0.1, 0.15) is 40.0 Å². The minimum absolute atomic E-state index is 0.122. The molecule has 2 saturated heterocycles. The summed E-state index contributed by atoms with van der Waals surface area (Å²) < 4.78 is 19.0. The number of nitrogens with zero attached hydrogens (tertiary/aromatic N) is 1. The lowest BCUT2D eigenvalue weighted by atomic mass is 10.0. The lowest BCUT2D eigenvalue weighted by molar-refractivity contribution is -0.130. The van der Waals surface area contributed by atoms with E-state index in [1.54, 1.807) is 20.8 Å². The number of carbonyl (C=O) groups excluding carboxylic acids is 2. The number of amides is 1. The van der Waals surface area contributed by atoms with E-state index in [0.29, 0.717) is 12.8 Å². The first kappa shape index (κ1) is 12.3. The molecule has 2 rings (SSSR count). The van der Waals surface area contributed by atoms with E-state index in [-0.39, 0.29) is 18.2 Å². The molecule has 0 aromatic heterocycles. The van der Waals surface area contributed by atoms with E-state index in [4.69, 9.17) is 4.74 Å². The summed E-state index contributed by atoms with van der Waals surface area (Å²) >= 11 is 0. The topological polar surface area (TPSA) is 46.6 Å². The summed E-state index contributed by atoms with van der Waals surface area (Å²) in [5, 5.41) is 0. The Morgan fingerprint density at radius 1 is 1.41 bits per heavy atom. The molecule has 0 aromatic carbocycles. The zero-order valence-corrected chi connectivity index (χ0v) is 10.4. The molecule has 0 saturated carbocycles. The van der Waals surface area contributed by atoms with Crippen LogP contribution in [-0.4, -0.2) is 40.6 Å². The monoisotopic (exact) mass is 243 g/mol. The van der Waals surface area contributed by atoms with Crippen LogP contribution in [0.3, 0.4) is 0 Å². The van der Waals surface area contributed by atoms with Crippen LogP contribution in [0.25, 0.3) is 0 Å². The fourth-order valence-electron chi connectivity index (χ4n) is 2.56. The van der Waals surface area contributed by atoms with Gasteiger partial charge in [0, 0.05) is 12.5 Å². The number of halogens is 1. The van der Waals surface area contributed by atoms with Crippen molar-refractivity contribution in [3.05, 3.63) is 0 Å². The lowest BCUT2D eigenvalue weighted by Gasteiger charge is -2.36. The predicted molar refractivity (Wildman–Crippen MR) is 59.4 cm³/mol. The van der Waals surface area contributed by atoms with Crippen LogP contribution in [0.2, 0.25) is 0 Å². The summed E-state index contributed by atoms with van der Waals surface area (Å²) in [6, 6.07) is -0.787. The maximum atomic E-state index is 13.7. The number of fused-ring (bicyclic) bond motifs is 2. The highest BCUT2D eigenvalue weighted by Crippen LogP contribution is 2.36. The summed E-state index contributed by atoms with van der Waals surface area (Å²) in [6.07, 6.45) is -0.675. The number of ether oxygens (including phenoxy) is 1. The molecule has 2 heterocycles. The van der Waals surface area contributed by atoms with E-state index < -0.39 is 23.9 Å². The first-order chi connectivity index (χ1) is 7.79. The summed E-state index contributed by atoms with van der Waals surface area (Å²) in [7, 11) is 0. The van der Waals surface area contributed by atoms with Crippen LogP contribution in [0.4, 0.5) is 9.18 Å². The van der Waals surface area contributed by atoms with Gasteiger partial charge in [0.2, 0.25) is 0 Å². The van der Waals surface area contributed by atoms with Gasteiger partial charge in [-0.1, -0.05) is 0 Å². The molecule has 2 aliphatic heterocycles. The van der Waals surface area contributed by atoms with Gasteiger partial charge in [0.1, 0.15) is 5.60 Å². The van der Waals surface area contributed by atoms with Crippen molar-refractivity contribution in [1.29, 1.82) is 0 Å². The van der Waals surface area contributed by atoms with Crippen molar-refractivity contribution in [1.82, 2.24) is 4.90 Å². The second kappa shape index (κ2) is 3.96. The van der Waals surface area contributed by atoms with Crippen LogP contribution >= 0.6 is 0 Å². The lowest BCUT2D eigenvalue weighted by Crippen LogP contribution is -2.54. The van der Waals surface area contributed by atoms with Crippen molar-refractivity contribution in [3.63, 3.8) is 0 Å². The highest BCUT2D eigenvalue weighted by atomic mass is 19.1. The van der Waals surface area contributed by atoms with Crippen molar-refractivity contribution in [2.45, 2.75) is 63.9 Å². The molecule has 2 fully saturated rings. The van der Waals surface area contributed by atoms with Crippen LogP contribution < -0.4 is 0 Å². The molecule has 1 amide bonds. The molecule has 0 spiro atoms. The third kappa shape index (κ3) is 2.28. The molecule has 96 valence electrons. The predicted octanol–water partition coefficient (Wildman–Crippen LogP) is 2.07. The Balaban J connectivity index is 2.12. The molecule has 5 heteroatoms. The fraction of sp³-hybridized carbons (Fsp3) is 0.833. The molecule has 4 nitrogen and oxygen atoms in total. The summed E-state index contributed by atoms with van der Waals surface area (Å²) in [6.45, 7) is 5.32. The number of hydrogen-bond acceptors (Lipinski definition) is 3. The molecule has 0 radical (unpaired) electrons. The van der Waals surface area contributed by atoms with Crippen molar-refractivity contribution in [2.75, 3.05) is 0 Å². The number of carbonyl (C=O) groups is 2. The first-order valence-corrected chi connectivity index (χ1v) is 5.98. The van der Waals surface area contributed by atoms with Gasteiger partial charge in [-0.15, -0.1) is 0 Å². The maximum Gasteiger partial charge on any atom is 0.410 e. The van der Waals surface area contributed by atoms with E-state index in [2.05, 4.69) is 0 Å². The third-order valence-electron chi connectivity index (χ3n) is 3.23. The average molecular weight is 243 g/mol. The molecule has 1 unspecified atom stereocenters. The Hall–Kier alpha value is -1.13. The average Bonchev–Trinajstić information content (AvgIpc) is 2.51. The second-order valence-corrected chi connectivity index (χ2v) is 5.76. The largest absolute Gasteiger partial charge is 0.444 e. The van der Waals surface area contributed by atoms with E-state index in [0.717, 1.165) is 0 Å². The minimum atomic E-state index is -1.54. The third-order valence-corrected chi connectivity index (χ3v) is 3.23. The second-order valence-electron chi connectivity index (χ2n) is 5.76. The van der Waals surface area contributed by atoms with Gasteiger partial charge in [-0.2, -0.15) is 0 Å². The Kier molecular flexibility index (Phi) is 2.87. The molecular weight excluding hydrogens is 225 g/mol. The molecule has 0 N–H and O–H groups in total. The smallest absolute Gasteiger partial charge is 0.410 e. The Morgan fingerprint density at radius 3 is 2.65 bits per heavy atom. The van der Waals surface area contributed by atoms with Gasteiger partial charge < -0.3 is 4.74 Å². The van der Waals surface area contributed by atoms with Gasteiger partial charge in [-0.3, -0.25) is 9.69 Å². The standard InChI is InChI=1S/C12H18FNO3/c1-12(2,3)17-11(16)14-7-4-5-8(14)10(13)9(15)6-7/h7-8,10H,4-6H2,1-3H3/t7-,8+,10?/m0/s1. The van der Waals surface area contributed by atoms with Gasteiger partial charge in [0.05, 0.1) is 6.04 Å². The van der Waals surface area contributed by atoms with Gasteiger partial charge in [-0.05, 0) is 33.6 Å². The first-order valence-electron chi connectivity index (χ1n) is 5.98.